The minimum Gasteiger partial charge on any atom is -0.338 e. The van der Waals surface area contributed by atoms with Crippen LogP contribution in [0.1, 0.15) is 29.5 Å². The van der Waals surface area contributed by atoms with Gasteiger partial charge in [0.1, 0.15) is 5.82 Å². The van der Waals surface area contributed by atoms with Gasteiger partial charge in [-0.2, -0.15) is 0 Å². The number of anilines is 1. The van der Waals surface area contributed by atoms with E-state index in [2.05, 4.69) is 5.32 Å². The molecule has 0 aromatic heterocycles. The Morgan fingerprint density at radius 2 is 1.85 bits per heavy atom. The molecule has 2 aromatic carbocycles. The predicted molar refractivity (Wildman–Crippen MR) is 97.0 cm³/mol. The molecule has 0 radical (unpaired) electrons. The Labute approximate surface area is 152 Å². The Morgan fingerprint density at radius 3 is 2.58 bits per heavy atom. The van der Waals surface area contributed by atoms with Gasteiger partial charge in [-0.05, 0) is 60.2 Å². The molecule has 0 unspecified atom stereocenters. The highest BCUT2D eigenvalue weighted by molar-refractivity contribution is 5.92. The fraction of sp³-hybridized carbons (Fsp3) is 0.333. The summed E-state index contributed by atoms with van der Waals surface area (Å²) < 4.78 is 12.9. The lowest BCUT2D eigenvalue weighted by molar-refractivity contribution is -0.133. The van der Waals surface area contributed by atoms with E-state index < -0.39 is 0 Å². The van der Waals surface area contributed by atoms with Crippen molar-refractivity contribution in [3.05, 3.63) is 65.0 Å². The first kappa shape index (κ1) is 16.8. The maximum atomic E-state index is 12.9. The lowest BCUT2D eigenvalue weighted by atomic mass is 9.98. The molecule has 1 saturated carbocycles. The Morgan fingerprint density at radius 1 is 1.08 bits per heavy atom. The zero-order valence-corrected chi connectivity index (χ0v) is 14.5. The van der Waals surface area contributed by atoms with Crippen molar-refractivity contribution in [2.45, 2.75) is 32.2 Å². The second-order valence-electron chi connectivity index (χ2n) is 7.12. The molecule has 1 aliphatic carbocycles. The molecular formula is C21H21FN2O2. The maximum Gasteiger partial charge on any atom is 0.228 e. The molecule has 1 aliphatic heterocycles. The molecule has 26 heavy (non-hydrogen) atoms. The molecule has 1 fully saturated rings. The van der Waals surface area contributed by atoms with E-state index in [1.165, 1.54) is 17.7 Å². The lowest BCUT2D eigenvalue weighted by Crippen LogP contribution is -2.36. The van der Waals surface area contributed by atoms with Crippen LogP contribution in [0.5, 0.6) is 0 Å². The Balaban J connectivity index is 1.41. The van der Waals surface area contributed by atoms with Gasteiger partial charge in [0.05, 0.1) is 6.42 Å². The summed E-state index contributed by atoms with van der Waals surface area (Å²) in [5.41, 5.74) is 3.84. The predicted octanol–water partition coefficient (Wildman–Crippen LogP) is 3.30. The van der Waals surface area contributed by atoms with Gasteiger partial charge in [0.2, 0.25) is 11.8 Å². The second-order valence-corrected chi connectivity index (χ2v) is 7.12. The van der Waals surface area contributed by atoms with Crippen LogP contribution in [0.25, 0.3) is 0 Å². The number of carbonyl (C=O) groups excluding carboxylic acids is 2. The van der Waals surface area contributed by atoms with E-state index in [0.717, 1.165) is 42.6 Å². The molecule has 134 valence electrons. The van der Waals surface area contributed by atoms with E-state index in [1.807, 2.05) is 23.1 Å². The maximum absolute atomic E-state index is 12.9. The van der Waals surface area contributed by atoms with E-state index in [0.29, 0.717) is 6.54 Å². The molecule has 4 nitrogen and oxygen atoms in total. The summed E-state index contributed by atoms with van der Waals surface area (Å²) >= 11 is 0. The van der Waals surface area contributed by atoms with Gasteiger partial charge in [-0.3, -0.25) is 9.59 Å². The Kier molecular flexibility index (Phi) is 4.45. The summed E-state index contributed by atoms with van der Waals surface area (Å²) in [5.74, 6) is 0.0453. The Bertz CT molecular complexity index is 844. The van der Waals surface area contributed by atoms with Crippen molar-refractivity contribution in [3.8, 4) is 0 Å². The van der Waals surface area contributed by atoms with Crippen molar-refractivity contribution >= 4 is 17.5 Å². The topological polar surface area (TPSA) is 49.4 Å². The molecule has 2 aliphatic rings. The fourth-order valence-corrected chi connectivity index (χ4v) is 3.40. The van der Waals surface area contributed by atoms with Crippen LogP contribution in [0.15, 0.2) is 42.5 Å². The number of nitrogens with zero attached hydrogens (tertiary/aromatic N) is 1. The number of amides is 2. The molecule has 0 bridgehead atoms. The molecule has 1 heterocycles. The molecule has 5 heteroatoms. The molecular weight excluding hydrogens is 331 g/mol. The van der Waals surface area contributed by atoms with E-state index in [1.54, 1.807) is 12.1 Å². The van der Waals surface area contributed by atoms with E-state index in [4.69, 9.17) is 0 Å². The zero-order chi connectivity index (χ0) is 18.1. The van der Waals surface area contributed by atoms with Crippen molar-refractivity contribution in [2.24, 2.45) is 5.92 Å². The number of hydrogen-bond acceptors (Lipinski definition) is 2. The summed E-state index contributed by atoms with van der Waals surface area (Å²) in [4.78, 5) is 26.5. The van der Waals surface area contributed by atoms with Gasteiger partial charge in [0, 0.05) is 24.7 Å². The first-order chi connectivity index (χ1) is 12.6. The summed E-state index contributed by atoms with van der Waals surface area (Å²) in [6.07, 6.45) is 3.09. The average Bonchev–Trinajstić information content (AvgIpc) is 3.47. The van der Waals surface area contributed by atoms with Crippen LogP contribution in [0.4, 0.5) is 10.1 Å². The van der Waals surface area contributed by atoms with Crippen molar-refractivity contribution in [1.29, 1.82) is 0 Å². The second kappa shape index (κ2) is 6.90. The number of fused-ring (bicyclic) bond motifs is 1. The lowest BCUT2D eigenvalue weighted by Gasteiger charge is -2.29. The first-order valence-electron chi connectivity index (χ1n) is 9.03. The number of rotatable bonds is 4. The van der Waals surface area contributed by atoms with Crippen LogP contribution < -0.4 is 5.32 Å². The van der Waals surface area contributed by atoms with Gasteiger partial charge in [-0.1, -0.05) is 18.2 Å². The molecule has 2 aromatic rings. The summed E-state index contributed by atoms with van der Waals surface area (Å²) in [7, 11) is 0. The molecule has 1 N–H and O–H groups in total. The number of nitrogens with one attached hydrogen (secondary N) is 1. The highest BCUT2D eigenvalue weighted by Gasteiger charge is 2.34. The quantitative estimate of drug-likeness (QED) is 0.918. The number of carbonyl (C=O) groups is 2. The molecule has 0 saturated heterocycles. The zero-order valence-electron chi connectivity index (χ0n) is 14.5. The van der Waals surface area contributed by atoms with Crippen molar-refractivity contribution in [2.75, 3.05) is 11.9 Å². The normalized spacial score (nSPS) is 16.1. The van der Waals surface area contributed by atoms with Gasteiger partial charge in [0.15, 0.2) is 0 Å². The van der Waals surface area contributed by atoms with Crippen LogP contribution in [-0.2, 0) is 29.0 Å². The van der Waals surface area contributed by atoms with E-state index >= 15 is 0 Å². The van der Waals surface area contributed by atoms with Gasteiger partial charge >= 0.3 is 0 Å². The summed E-state index contributed by atoms with van der Waals surface area (Å²) in [6, 6.07) is 11.8. The van der Waals surface area contributed by atoms with E-state index in [9.17, 15) is 14.0 Å². The number of halogens is 1. The highest BCUT2D eigenvalue weighted by atomic mass is 19.1. The van der Waals surface area contributed by atoms with E-state index in [-0.39, 0.29) is 30.0 Å². The average molecular weight is 352 g/mol. The van der Waals surface area contributed by atoms with Crippen molar-refractivity contribution in [3.63, 3.8) is 0 Å². The smallest absolute Gasteiger partial charge is 0.228 e. The van der Waals surface area contributed by atoms with Crippen LogP contribution >= 0.6 is 0 Å². The first-order valence-corrected chi connectivity index (χ1v) is 9.03. The Hall–Kier alpha value is -2.69. The minimum absolute atomic E-state index is 0.140. The van der Waals surface area contributed by atoms with Crippen molar-refractivity contribution < 1.29 is 14.0 Å². The van der Waals surface area contributed by atoms with Gasteiger partial charge < -0.3 is 10.2 Å². The SMILES string of the molecule is O=C(Cc1ccc(F)cc1)Nc1ccc2c(c1)CN(C(=O)C1CC1)CC2. The molecule has 0 spiro atoms. The number of benzene rings is 2. The monoisotopic (exact) mass is 352 g/mol. The molecule has 0 atom stereocenters. The van der Waals surface area contributed by atoms with Crippen LogP contribution in [0.3, 0.4) is 0 Å². The van der Waals surface area contributed by atoms with Gasteiger partial charge in [0.25, 0.3) is 0 Å². The molecule has 4 rings (SSSR count). The minimum atomic E-state index is -0.311. The standard InChI is InChI=1S/C21H21FN2O2/c22-18-6-1-14(2-7-18)11-20(25)23-19-8-5-15-9-10-24(13-17(15)12-19)21(26)16-3-4-16/h1-2,5-8,12,16H,3-4,9-11,13H2,(H,23,25). The third kappa shape index (κ3) is 3.77. The third-order valence-electron chi connectivity index (χ3n) is 5.02. The van der Waals surface area contributed by atoms with Crippen LogP contribution in [0, 0.1) is 11.7 Å². The fourth-order valence-electron chi connectivity index (χ4n) is 3.40. The third-order valence-corrected chi connectivity index (χ3v) is 5.02. The van der Waals surface area contributed by atoms with Crippen LogP contribution in [0.2, 0.25) is 0 Å². The summed E-state index contributed by atoms with van der Waals surface area (Å²) in [5, 5.41) is 2.90. The summed E-state index contributed by atoms with van der Waals surface area (Å²) in [6.45, 7) is 1.39. The van der Waals surface area contributed by atoms with Gasteiger partial charge in [-0.15, -0.1) is 0 Å². The van der Waals surface area contributed by atoms with Gasteiger partial charge in [-0.25, -0.2) is 4.39 Å². The largest absolute Gasteiger partial charge is 0.338 e. The van der Waals surface area contributed by atoms with Crippen molar-refractivity contribution in [1.82, 2.24) is 4.90 Å². The highest BCUT2D eigenvalue weighted by Crippen LogP contribution is 2.33. The van der Waals surface area contributed by atoms with Crippen LogP contribution in [-0.4, -0.2) is 23.3 Å². The molecule has 2 amide bonds. The number of hydrogen-bond donors (Lipinski definition) is 1.